The molecule has 0 aliphatic carbocycles. The SMILES string of the molecule is CC1Cc2cc(C(=O)N3C[C@@H](C(=O)O)[C@H](C(F)F)C3)ccc2O1. The zero-order chi connectivity index (χ0) is 16.7. The van der Waals surface area contributed by atoms with Gasteiger partial charge in [0, 0.05) is 25.1 Å². The molecule has 0 radical (unpaired) electrons. The van der Waals surface area contributed by atoms with Crippen molar-refractivity contribution in [2.24, 2.45) is 11.8 Å². The molecule has 0 aromatic heterocycles. The molecule has 1 fully saturated rings. The number of benzene rings is 1. The molecule has 0 spiro atoms. The first-order chi connectivity index (χ1) is 10.9. The molecule has 3 atom stereocenters. The van der Waals surface area contributed by atoms with Crippen molar-refractivity contribution in [3.8, 4) is 5.75 Å². The molecule has 23 heavy (non-hydrogen) atoms. The van der Waals surface area contributed by atoms with Crippen LogP contribution in [0.3, 0.4) is 0 Å². The van der Waals surface area contributed by atoms with Crippen LogP contribution in [-0.4, -0.2) is 47.5 Å². The minimum Gasteiger partial charge on any atom is -0.490 e. The highest BCUT2D eigenvalue weighted by molar-refractivity contribution is 5.95. The number of rotatable bonds is 3. The van der Waals surface area contributed by atoms with Crippen LogP contribution >= 0.6 is 0 Å². The van der Waals surface area contributed by atoms with E-state index in [-0.39, 0.29) is 19.2 Å². The van der Waals surface area contributed by atoms with Crippen LogP contribution in [0.4, 0.5) is 8.78 Å². The second-order valence-corrected chi connectivity index (χ2v) is 6.11. The van der Waals surface area contributed by atoms with E-state index in [2.05, 4.69) is 0 Å². The van der Waals surface area contributed by atoms with Crippen molar-refractivity contribution in [3.05, 3.63) is 29.3 Å². The topological polar surface area (TPSA) is 66.8 Å². The normalized spacial score (nSPS) is 26.3. The quantitative estimate of drug-likeness (QED) is 0.924. The average molecular weight is 325 g/mol. The molecular formula is C16H17F2NO4. The molecular weight excluding hydrogens is 308 g/mol. The number of carbonyl (C=O) groups is 2. The lowest BCUT2D eigenvalue weighted by Gasteiger charge is -2.16. The number of amides is 1. The van der Waals surface area contributed by atoms with Gasteiger partial charge in [-0.1, -0.05) is 0 Å². The second kappa shape index (κ2) is 5.79. The van der Waals surface area contributed by atoms with Gasteiger partial charge in [-0.05, 0) is 30.7 Å². The van der Waals surface area contributed by atoms with Gasteiger partial charge >= 0.3 is 5.97 Å². The summed E-state index contributed by atoms with van der Waals surface area (Å²) < 4.78 is 31.6. The van der Waals surface area contributed by atoms with E-state index < -0.39 is 30.1 Å². The van der Waals surface area contributed by atoms with Gasteiger partial charge in [0.2, 0.25) is 6.43 Å². The van der Waals surface area contributed by atoms with E-state index in [4.69, 9.17) is 9.84 Å². The molecule has 3 rings (SSSR count). The van der Waals surface area contributed by atoms with Crippen molar-refractivity contribution in [2.75, 3.05) is 13.1 Å². The van der Waals surface area contributed by atoms with Crippen molar-refractivity contribution in [1.82, 2.24) is 4.90 Å². The smallest absolute Gasteiger partial charge is 0.308 e. The molecule has 124 valence electrons. The molecule has 7 heteroatoms. The lowest BCUT2D eigenvalue weighted by Crippen LogP contribution is -2.30. The third-order valence-corrected chi connectivity index (χ3v) is 4.44. The van der Waals surface area contributed by atoms with Crippen molar-refractivity contribution in [1.29, 1.82) is 0 Å². The number of likely N-dealkylation sites (tertiary alicyclic amines) is 1. The van der Waals surface area contributed by atoms with Gasteiger partial charge in [-0.2, -0.15) is 0 Å². The van der Waals surface area contributed by atoms with Gasteiger partial charge in [0.1, 0.15) is 11.9 Å². The van der Waals surface area contributed by atoms with Gasteiger partial charge in [-0.25, -0.2) is 8.78 Å². The van der Waals surface area contributed by atoms with Crippen LogP contribution < -0.4 is 4.74 Å². The number of nitrogens with zero attached hydrogens (tertiary/aromatic N) is 1. The monoisotopic (exact) mass is 325 g/mol. The van der Waals surface area contributed by atoms with Crippen LogP contribution in [0.15, 0.2) is 18.2 Å². The second-order valence-electron chi connectivity index (χ2n) is 6.11. The number of carboxylic acids is 1. The number of halogens is 2. The molecule has 2 heterocycles. The summed E-state index contributed by atoms with van der Waals surface area (Å²) in [7, 11) is 0. The van der Waals surface area contributed by atoms with Crippen LogP contribution in [-0.2, 0) is 11.2 Å². The Kier molecular flexibility index (Phi) is 3.95. The minimum atomic E-state index is -2.76. The first kappa shape index (κ1) is 15.7. The van der Waals surface area contributed by atoms with Crippen LogP contribution in [0.5, 0.6) is 5.75 Å². The summed E-state index contributed by atoms with van der Waals surface area (Å²) in [4.78, 5) is 24.8. The van der Waals surface area contributed by atoms with E-state index in [1.807, 2.05) is 6.92 Å². The molecule has 5 nitrogen and oxygen atoms in total. The van der Waals surface area contributed by atoms with Gasteiger partial charge < -0.3 is 14.7 Å². The zero-order valence-corrected chi connectivity index (χ0v) is 12.5. The largest absolute Gasteiger partial charge is 0.490 e. The van der Waals surface area contributed by atoms with Gasteiger partial charge in [0.25, 0.3) is 5.91 Å². The van der Waals surface area contributed by atoms with Crippen molar-refractivity contribution in [2.45, 2.75) is 25.9 Å². The molecule has 2 aliphatic rings. The minimum absolute atomic E-state index is 0.0433. The number of carbonyl (C=O) groups excluding carboxylic acids is 1. The van der Waals surface area contributed by atoms with E-state index in [1.54, 1.807) is 18.2 Å². The van der Waals surface area contributed by atoms with Gasteiger partial charge in [0.05, 0.1) is 11.8 Å². The zero-order valence-electron chi connectivity index (χ0n) is 12.5. The highest BCUT2D eigenvalue weighted by atomic mass is 19.3. The summed E-state index contributed by atoms with van der Waals surface area (Å²) >= 11 is 0. The number of hydrogen-bond donors (Lipinski definition) is 1. The first-order valence-corrected chi connectivity index (χ1v) is 7.46. The van der Waals surface area contributed by atoms with Gasteiger partial charge in [-0.15, -0.1) is 0 Å². The summed E-state index contributed by atoms with van der Waals surface area (Å²) in [5, 5.41) is 9.07. The molecule has 0 saturated carbocycles. The predicted octanol–water partition coefficient (Wildman–Crippen LogP) is 2.05. The molecule has 1 N–H and O–H groups in total. The van der Waals surface area contributed by atoms with Crippen molar-refractivity contribution < 1.29 is 28.2 Å². The number of fused-ring (bicyclic) bond motifs is 1. The maximum atomic E-state index is 13.0. The maximum absolute atomic E-state index is 13.0. The molecule has 1 unspecified atom stereocenters. The Balaban J connectivity index is 1.79. The third kappa shape index (κ3) is 2.87. The van der Waals surface area contributed by atoms with E-state index in [0.29, 0.717) is 12.0 Å². The van der Waals surface area contributed by atoms with Crippen molar-refractivity contribution >= 4 is 11.9 Å². The standard InChI is InChI=1S/C16H17F2NO4/c1-8-4-10-5-9(2-3-13(10)23-8)15(20)19-6-11(14(17)18)12(7-19)16(21)22/h2-3,5,8,11-12,14H,4,6-7H2,1H3,(H,21,22)/t8?,11-,12-/m1/s1. The predicted molar refractivity (Wildman–Crippen MR) is 76.8 cm³/mol. The Morgan fingerprint density at radius 1 is 1.35 bits per heavy atom. The summed E-state index contributed by atoms with van der Waals surface area (Å²) in [5.41, 5.74) is 1.28. The fourth-order valence-electron chi connectivity index (χ4n) is 3.25. The Morgan fingerprint density at radius 3 is 2.70 bits per heavy atom. The number of aliphatic carboxylic acids is 1. The number of hydrogen-bond acceptors (Lipinski definition) is 3. The Bertz CT molecular complexity index is 649. The Morgan fingerprint density at radius 2 is 2.09 bits per heavy atom. The summed E-state index contributed by atoms with van der Waals surface area (Å²) in [6.07, 6.45) is -2.03. The molecule has 1 saturated heterocycles. The highest BCUT2D eigenvalue weighted by Crippen LogP contribution is 2.32. The van der Waals surface area contributed by atoms with Crippen LogP contribution in [0, 0.1) is 11.8 Å². The Hall–Kier alpha value is -2.18. The molecule has 1 amide bonds. The van der Waals surface area contributed by atoms with Crippen LogP contribution in [0.2, 0.25) is 0 Å². The highest BCUT2D eigenvalue weighted by Gasteiger charge is 2.44. The average Bonchev–Trinajstić information content (AvgIpc) is 3.08. The number of carboxylic acid groups (broad SMARTS) is 1. The molecule has 1 aromatic carbocycles. The van der Waals surface area contributed by atoms with Crippen LogP contribution in [0.25, 0.3) is 0 Å². The van der Waals surface area contributed by atoms with Crippen LogP contribution in [0.1, 0.15) is 22.8 Å². The summed E-state index contributed by atoms with van der Waals surface area (Å²) in [5.74, 6) is -3.53. The molecule has 2 aliphatic heterocycles. The lowest BCUT2D eigenvalue weighted by molar-refractivity contribution is -0.144. The van der Waals surface area contributed by atoms with Gasteiger partial charge in [-0.3, -0.25) is 9.59 Å². The molecule has 1 aromatic rings. The first-order valence-electron chi connectivity index (χ1n) is 7.46. The fraction of sp³-hybridized carbons (Fsp3) is 0.500. The van der Waals surface area contributed by atoms with Crippen molar-refractivity contribution in [3.63, 3.8) is 0 Å². The number of alkyl halides is 2. The summed E-state index contributed by atoms with van der Waals surface area (Å²) in [6.45, 7) is 1.50. The Labute approximate surface area is 131 Å². The van der Waals surface area contributed by atoms with Gasteiger partial charge in [0.15, 0.2) is 0 Å². The van der Waals surface area contributed by atoms with E-state index >= 15 is 0 Å². The fourth-order valence-corrected chi connectivity index (χ4v) is 3.25. The van der Waals surface area contributed by atoms with E-state index in [9.17, 15) is 18.4 Å². The van der Waals surface area contributed by atoms with E-state index in [0.717, 1.165) is 11.3 Å². The number of ether oxygens (including phenoxy) is 1. The molecule has 0 bridgehead atoms. The summed E-state index contributed by atoms with van der Waals surface area (Å²) in [6, 6.07) is 4.98. The van der Waals surface area contributed by atoms with E-state index in [1.165, 1.54) is 4.90 Å². The lowest BCUT2D eigenvalue weighted by atomic mass is 9.97. The third-order valence-electron chi connectivity index (χ3n) is 4.44. The maximum Gasteiger partial charge on any atom is 0.308 e.